The minimum atomic E-state index is -0.755. The molecule has 0 amide bonds. The zero-order valence-electron chi connectivity index (χ0n) is 11.7. The Morgan fingerprint density at radius 2 is 1.43 bits per heavy atom. The first-order chi connectivity index (χ1) is 11.0. The van der Waals surface area contributed by atoms with E-state index >= 15 is 0 Å². The summed E-state index contributed by atoms with van der Waals surface area (Å²) in [6, 6.07) is 14.2. The molecule has 0 fully saturated rings. The van der Waals surface area contributed by atoms with E-state index < -0.39 is 17.1 Å². The second-order valence-corrected chi connectivity index (χ2v) is 5.96. The first-order valence-corrected chi connectivity index (χ1v) is 7.70. The molecule has 0 unspecified atom stereocenters. The molecule has 23 heavy (non-hydrogen) atoms. The molecule has 0 bridgehead atoms. The number of hydrogen-bond acceptors (Lipinski definition) is 4. The van der Waals surface area contributed by atoms with Gasteiger partial charge in [-0.1, -0.05) is 12.1 Å². The van der Waals surface area contributed by atoms with E-state index in [1.165, 1.54) is 0 Å². The van der Waals surface area contributed by atoms with E-state index in [9.17, 15) is 14.7 Å². The highest BCUT2D eigenvalue weighted by atomic mass is 127. The molecule has 0 aliphatic heterocycles. The van der Waals surface area contributed by atoms with Crippen molar-refractivity contribution in [2.75, 3.05) is 0 Å². The Hall–Kier alpha value is -2.55. The zero-order valence-corrected chi connectivity index (χ0v) is 13.8. The second kappa shape index (κ2) is 6.29. The molecule has 1 aromatic heterocycles. The summed E-state index contributed by atoms with van der Waals surface area (Å²) in [5.41, 5.74) is -0.937. The van der Waals surface area contributed by atoms with Gasteiger partial charge in [0, 0.05) is 3.57 Å². The van der Waals surface area contributed by atoms with Gasteiger partial charge in [-0.05, 0) is 64.6 Å². The smallest absolute Gasteiger partial charge is 0.328 e. The molecule has 0 saturated heterocycles. The summed E-state index contributed by atoms with van der Waals surface area (Å²) in [6.07, 6.45) is 0. The number of ether oxygens (including phenoxy) is 1. The molecule has 0 atom stereocenters. The third-order valence-corrected chi connectivity index (χ3v) is 3.83. The van der Waals surface area contributed by atoms with Crippen LogP contribution in [0.5, 0.6) is 17.4 Å². The quantitative estimate of drug-likeness (QED) is 0.566. The van der Waals surface area contributed by atoms with Crippen molar-refractivity contribution in [1.82, 2.24) is 9.97 Å². The van der Waals surface area contributed by atoms with Gasteiger partial charge in [-0.25, -0.2) is 4.79 Å². The maximum absolute atomic E-state index is 11.8. The standard InChI is InChI=1S/C16H11IN2O4/c17-10-3-7-12(8-4-10)23-11-5-1-9(2-6-11)13-14(20)18-16(22)19-15(13)21/h1-8H,(H3,18,19,20,21,22). The molecule has 3 aromatic rings. The van der Waals surface area contributed by atoms with Crippen LogP contribution in [-0.4, -0.2) is 15.1 Å². The van der Waals surface area contributed by atoms with Crippen LogP contribution in [0.25, 0.3) is 11.1 Å². The van der Waals surface area contributed by atoms with Crippen molar-refractivity contribution in [3.8, 4) is 28.5 Å². The largest absolute Gasteiger partial charge is 0.494 e. The molecule has 7 heteroatoms. The summed E-state index contributed by atoms with van der Waals surface area (Å²) in [5, 5.41) is 9.75. The topological polar surface area (TPSA) is 95.2 Å². The number of aromatic amines is 2. The van der Waals surface area contributed by atoms with Gasteiger partial charge in [0.15, 0.2) is 0 Å². The van der Waals surface area contributed by atoms with Crippen molar-refractivity contribution in [2.45, 2.75) is 0 Å². The van der Waals surface area contributed by atoms with Gasteiger partial charge in [-0.3, -0.25) is 14.8 Å². The minimum absolute atomic E-state index is 0.00501. The van der Waals surface area contributed by atoms with Crippen molar-refractivity contribution in [2.24, 2.45) is 0 Å². The van der Waals surface area contributed by atoms with Crippen LogP contribution < -0.4 is 16.0 Å². The van der Waals surface area contributed by atoms with Crippen LogP contribution in [0.2, 0.25) is 0 Å². The molecule has 2 aromatic carbocycles. The molecule has 0 saturated carbocycles. The molecule has 0 aliphatic carbocycles. The van der Waals surface area contributed by atoms with E-state index in [0.29, 0.717) is 17.1 Å². The maximum Gasteiger partial charge on any atom is 0.328 e. The Bertz CT molecular complexity index is 944. The predicted molar refractivity (Wildman–Crippen MR) is 94.0 cm³/mol. The fraction of sp³-hybridized carbons (Fsp3) is 0. The van der Waals surface area contributed by atoms with Crippen molar-refractivity contribution in [3.63, 3.8) is 0 Å². The van der Waals surface area contributed by atoms with Crippen molar-refractivity contribution < 1.29 is 9.84 Å². The molecule has 1 heterocycles. The molecule has 3 rings (SSSR count). The van der Waals surface area contributed by atoms with Crippen LogP contribution in [0.1, 0.15) is 0 Å². The second-order valence-electron chi connectivity index (χ2n) is 4.71. The molecule has 3 N–H and O–H groups in total. The summed E-state index contributed by atoms with van der Waals surface area (Å²) in [4.78, 5) is 27.1. The highest BCUT2D eigenvalue weighted by molar-refractivity contribution is 14.1. The Balaban J connectivity index is 1.89. The third kappa shape index (κ3) is 3.45. The number of hydrogen-bond donors (Lipinski definition) is 3. The van der Waals surface area contributed by atoms with Crippen LogP contribution in [0.4, 0.5) is 0 Å². The third-order valence-electron chi connectivity index (χ3n) is 3.12. The summed E-state index contributed by atoms with van der Waals surface area (Å²) in [7, 11) is 0. The first kappa shape index (κ1) is 15.3. The lowest BCUT2D eigenvalue weighted by Crippen LogP contribution is -2.23. The Labute approximate surface area is 143 Å². The van der Waals surface area contributed by atoms with Gasteiger partial charge in [0.25, 0.3) is 5.56 Å². The van der Waals surface area contributed by atoms with Gasteiger partial charge in [0.2, 0.25) is 5.88 Å². The van der Waals surface area contributed by atoms with Gasteiger partial charge in [-0.2, -0.15) is 0 Å². The highest BCUT2D eigenvalue weighted by Gasteiger charge is 2.11. The van der Waals surface area contributed by atoms with Gasteiger partial charge >= 0.3 is 5.69 Å². The normalized spacial score (nSPS) is 10.5. The van der Waals surface area contributed by atoms with E-state index in [1.807, 2.05) is 24.3 Å². The van der Waals surface area contributed by atoms with Crippen molar-refractivity contribution in [3.05, 3.63) is 72.9 Å². The predicted octanol–water partition coefficient (Wildman–Crippen LogP) is 2.83. The van der Waals surface area contributed by atoms with Crippen LogP contribution in [0.3, 0.4) is 0 Å². The van der Waals surface area contributed by atoms with E-state index in [0.717, 1.165) is 3.57 Å². The number of H-pyrrole nitrogens is 2. The lowest BCUT2D eigenvalue weighted by molar-refractivity contribution is 0.451. The summed E-state index contributed by atoms with van der Waals surface area (Å²) in [5.74, 6) is 0.822. The Kier molecular flexibility index (Phi) is 4.20. The molecule has 6 nitrogen and oxygen atoms in total. The van der Waals surface area contributed by atoms with Crippen LogP contribution in [0, 0.1) is 3.57 Å². The number of aromatic hydroxyl groups is 1. The van der Waals surface area contributed by atoms with Gasteiger partial charge in [0.05, 0.1) is 0 Å². The van der Waals surface area contributed by atoms with Crippen LogP contribution in [-0.2, 0) is 0 Å². The van der Waals surface area contributed by atoms with E-state index in [2.05, 4.69) is 32.6 Å². The fourth-order valence-corrected chi connectivity index (χ4v) is 2.43. The van der Waals surface area contributed by atoms with Crippen LogP contribution >= 0.6 is 22.6 Å². The Morgan fingerprint density at radius 3 is 2.00 bits per heavy atom. The van der Waals surface area contributed by atoms with Gasteiger partial charge in [-0.15, -0.1) is 0 Å². The SMILES string of the molecule is O=c1[nH]c(O)c(-c2ccc(Oc3ccc(I)cc3)cc2)c(=O)[nH]1. The zero-order chi connectivity index (χ0) is 16.4. The molecule has 0 spiro atoms. The average molecular weight is 422 g/mol. The lowest BCUT2D eigenvalue weighted by Gasteiger charge is -2.07. The van der Waals surface area contributed by atoms with Crippen molar-refractivity contribution >= 4 is 22.6 Å². The lowest BCUT2D eigenvalue weighted by atomic mass is 10.1. The Morgan fingerprint density at radius 1 is 0.870 bits per heavy atom. The average Bonchev–Trinajstić information content (AvgIpc) is 2.50. The highest BCUT2D eigenvalue weighted by Crippen LogP contribution is 2.27. The fourth-order valence-electron chi connectivity index (χ4n) is 2.07. The first-order valence-electron chi connectivity index (χ1n) is 6.62. The van der Waals surface area contributed by atoms with Gasteiger partial charge < -0.3 is 9.84 Å². The van der Waals surface area contributed by atoms with Gasteiger partial charge in [0.1, 0.15) is 17.1 Å². The molecule has 0 aliphatic rings. The number of halogens is 1. The summed E-state index contributed by atoms with van der Waals surface area (Å²) >= 11 is 2.21. The maximum atomic E-state index is 11.8. The molecular formula is C16H11IN2O4. The molecule has 0 radical (unpaired) electrons. The van der Waals surface area contributed by atoms with E-state index in [1.54, 1.807) is 24.3 Å². The number of aromatic nitrogens is 2. The number of benzene rings is 2. The molecular weight excluding hydrogens is 411 g/mol. The monoisotopic (exact) mass is 422 g/mol. The number of rotatable bonds is 3. The summed E-state index contributed by atoms with van der Waals surface area (Å²) in [6.45, 7) is 0. The van der Waals surface area contributed by atoms with Crippen LogP contribution in [0.15, 0.2) is 58.1 Å². The molecule has 116 valence electrons. The number of nitrogens with one attached hydrogen (secondary N) is 2. The minimum Gasteiger partial charge on any atom is -0.494 e. The summed E-state index contributed by atoms with van der Waals surface area (Å²) < 4.78 is 6.80. The van der Waals surface area contributed by atoms with Crippen molar-refractivity contribution in [1.29, 1.82) is 0 Å². The van der Waals surface area contributed by atoms with E-state index in [4.69, 9.17) is 4.74 Å². The van der Waals surface area contributed by atoms with E-state index in [-0.39, 0.29) is 5.56 Å².